The molecule has 3 nitrogen and oxygen atoms in total. The molecule has 0 N–H and O–H groups in total. The summed E-state index contributed by atoms with van der Waals surface area (Å²) >= 11 is 0. The number of fused-ring (bicyclic) bond motifs is 4. The van der Waals surface area contributed by atoms with E-state index in [1.165, 1.54) is 43.3 Å². The van der Waals surface area contributed by atoms with Crippen LogP contribution in [0.1, 0.15) is 71.7 Å². The Bertz CT molecular complexity index is 759. The molecule has 1 spiro atoms. The third-order valence-corrected chi connectivity index (χ3v) is 6.40. The fraction of sp³-hybridized carbons (Fsp3) is 0.667. The Hall–Kier alpha value is -1.32. The zero-order valence-electron chi connectivity index (χ0n) is 18.2. The van der Waals surface area contributed by atoms with Crippen LogP contribution in [0.4, 0.5) is 0 Å². The number of piperidine rings is 1. The highest BCUT2D eigenvalue weighted by molar-refractivity contribution is 5.86. The molecule has 3 heteroatoms. The van der Waals surface area contributed by atoms with Crippen LogP contribution in [0.25, 0.3) is 10.9 Å². The van der Waals surface area contributed by atoms with Crippen LogP contribution in [0.2, 0.25) is 0 Å². The standard InChI is InChI=1S/C18H20N2O.3C2H6/c1-2-6-15-12(4-1)13-7-9-19-8-3-5-14-17(19)16(13)20(15)10-18(14)11-21-18;3*1-2/h1-2,4,6,14,17H,3,5,7-11H2;3*1-2H3. The van der Waals surface area contributed by atoms with Gasteiger partial charge < -0.3 is 9.30 Å². The molecule has 6 rings (SSSR count). The normalized spacial score (nSPS) is 29.4. The molecular weight excluding hydrogens is 332 g/mol. The molecule has 2 fully saturated rings. The quantitative estimate of drug-likeness (QED) is 0.545. The van der Waals surface area contributed by atoms with Crippen LogP contribution < -0.4 is 0 Å². The number of benzene rings is 1. The van der Waals surface area contributed by atoms with E-state index >= 15 is 0 Å². The highest BCUT2D eigenvalue weighted by Gasteiger charge is 2.60. The largest absolute Gasteiger partial charge is 0.367 e. The lowest BCUT2D eigenvalue weighted by Crippen LogP contribution is -2.52. The monoisotopic (exact) mass is 370 g/mol. The highest BCUT2D eigenvalue weighted by Crippen LogP contribution is 2.56. The lowest BCUT2D eigenvalue weighted by Gasteiger charge is -2.49. The molecule has 150 valence electrons. The van der Waals surface area contributed by atoms with E-state index in [0.717, 1.165) is 19.1 Å². The van der Waals surface area contributed by atoms with Crippen molar-refractivity contribution in [3.63, 3.8) is 0 Å². The van der Waals surface area contributed by atoms with E-state index in [1.807, 2.05) is 41.5 Å². The average molecular weight is 371 g/mol. The highest BCUT2D eigenvalue weighted by atomic mass is 16.6. The van der Waals surface area contributed by atoms with Crippen LogP contribution in [0, 0.1) is 5.92 Å². The van der Waals surface area contributed by atoms with E-state index in [-0.39, 0.29) is 5.60 Å². The van der Waals surface area contributed by atoms with Gasteiger partial charge in [0, 0.05) is 29.1 Å². The first-order valence-electron chi connectivity index (χ1n) is 11.4. The molecule has 0 amide bonds. The van der Waals surface area contributed by atoms with Gasteiger partial charge in [-0.1, -0.05) is 59.7 Å². The Kier molecular flexibility index (Phi) is 6.32. The van der Waals surface area contributed by atoms with Gasteiger partial charge in [0.2, 0.25) is 0 Å². The van der Waals surface area contributed by atoms with Crippen molar-refractivity contribution in [1.82, 2.24) is 9.47 Å². The van der Waals surface area contributed by atoms with E-state index in [4.69, 9.17) is 4.74 Å². The van der Waals surface area contributed by atoms with E-state index in [9.17, 15) is 0 Å². The Balaban J connectivity index is 0.000000323. The van der Waals surface area contributed by atoms with Crippen LogP contribution in [0.3, 0.4) is 0 Å². The Labute approximate surface area is 165 Å². The van der Waals surface area contributed by atoms with Crippen molar-refractivity contribution in [3.8, 4) is 0 Å². The fourth-order valence-corrected chi connectivity index (χ4v) is 5.44. The minimum Gasteiger partial charge on any atom is -0.367 e. The van der Waals surface area contributed by atoms with Crippen molar-refractivity contribution < 1.29 is 4.74 Å². The number of epoxide rings is 1. The molecule has 4 aliphatic heterocycles. The smallest absolute Gasteiger partial charge is 0.114 e. The zero-order valence-corrected chi connectivity index (χ0v) is 18.2. The first-order valence-corrected chi connectivity index (χ1v) is 11.4. The van der Waals surface area contributed by atoms with Crippen LogP contribution >= 0.6 is 0 Å². The first kappa shape index (κ1) is 20.4. The summed E-state index contributed by atoms with van der Waals surface area (Å²) in [5.74, 6) is 0.724. The van der Waals surface area contributed by atoms with E-state index in [0.29, 0.717) is 6.04 Å². The van der Waals surface area contributed by atoms with Gasteiger partial charge in [0.15, 0.2) is 0 Å². The Morgan fingerprint density at radius 2 is 1.70 bits per heavy atom. The molecule has 4 aliphatic rings. The van der Waals surface area contributed by atoms with Gasteiger partial charge in [0.1, 0.15) is 5.60 Å². The second-order valence-electron chi connectivity index (χ2n) is 7.30. The molecule has 0 saturated carbocycles. The van der Waals surface area contributed by atoms with Crippen molar-refractivity contribution in [1.29, 1.82) is 0 Å². The van der Waals surface area contributed by atoms with E-state index < -0.39 is 0 Å². The third-order valence-electron chi connectivity index (χ3n) is 6.40. The van der Waals surface area contributed by atoms with Gasteiger partial charge >= 0.3 is 0 Å². The number of nitrogens with zero attached hydrogens (tertiary/aromatic N) is 2. The van der Waals surface area contributed by atoms with Gasteiger partial charge in [-0.2, -0.15) is 0 Å². The molecule has 3 unspecified atom stereocenters. The van der Waals surface area contributed by atoms with Gasteiger partial charge in [0.05, 0.1) is 19.2 Å². The lowest BCUT2D eigenvalue weighted by molar-refractivity contribution is 0.00606. The van der Waals surface area contributed by atoms with Crippen LogP contribution in [-0.4, -0.2) is 34.8 Å². The van der Waals surface area contributed by atoms with Crippen molar-refractivity contribution in [2.45, 2.75) is 79.0 Å². The average Bonchev–Trinajstić information content (AvgIpc) is 3.47. The summed E-state index contributed by atoms with van der Waals surface area (Å²) < 4.78 is 8.65. The molecule has 0 bridgehead atoms. The zero-order chi connectivity index (χ0) is 19.6. The molecule has 1 aromatic heterocycles. The predicted octanol–water partition coefficient (Wildman–Crippen LogP) is 5.81. The molecule has 1 aromatic carbocycles. The molecule has 2 saturated heterocycles. The maximum Gasteiger partial charge on any atom is 0.114 e. The number of hydrogen-bond donors (Lipinski definition) is 0. The van der Waals surface area contributed by atoms with E-state index in [2.05, 4.69) is 33.7 Å². The van der Waals surface area contributed by atoms with Crippen molar-refractivity contribution in [2.75, 3.05) is 19.7 Å². The summed E-state index contributed by atoms with van der Waals surface area (Å²) in [6, 6.07) is 9.62. The molecule has 0 radical (unpaired) electrons. The summed E-state index contributed by atoms with van der Waals surface area (Å²) in [7, 11) is 0. The van der Waals surface area contributed by atoms with Gasteiger partial charge in [-0.25, -0.2) is 0 Å². The molecule has 3 atom stereocenters. The van der Waals surface area contributed by atoms with Crippen LogP contribution in [0.5, 0.6) is 0 Å². The molecule has 5 heterocycles. The summed E-state index contributed by atoms with van der Waals surface area (Å²) in [4.78, 5) is 2.74. The Morgan fingerprint density at radius 3 is 2.41 bits per heavy atom. The predicted molar refractivity (Wildman–Crippen MR) is 115 cm³/mol. The number of hydrogen-bond acceptors (Lipinski definition) is 2. The van der Waals surface area contributed by atoms with Gasteiger partial charge in [0.25, 0.3) is 0 Å². The molecule has 0 aliphatic carbocycles. The molecule has 27 heavy (non-hydrogen) atoms. The topological polar surface area (TPSA) is 20.7 Å². The van der Waals surface area contributed by atoms with Crippen molar-refractivity contribution in [3.05, 3.63) is 35.5 Å². The van der Waals surface area contributed by atoms with Gasteiger partial charge in [-0.05, 0) is 37.4 Å². The van der Waals surface area contributed by atoms with Crippen molar-refractivity contribution >= 4 is 10.9 Å². The maximum atomic E-state index is 6.05. The number of rotatable bonds is 0. The van der Waals surface area contributed by atoms with Gasteiger partial charge in [-0.3, -0.25) is 4.90 Å². The third kappa shape index (κ3) is 3.03. The minimum atomic E-state index is 0.159. The maximum absolute atomic E-state index is 6.05. The number of para-hydroxylation sites is 1. The van der Waals surface area contributed by atoms with Crippen LogP contribution in [-0.2, 0) is 17.7 Å². The lowest BCUT2D eigenvalue weighted by atomic mass is 9.73. The van der Waals surface area contributed by atoms with Gasteiger partial charge in [-0.15, -0.1) is 0 Å². The molecule has 2 aromatic rings. The number of ether oxygens (including phenoxy) is 1. The fourth-order valence-electron chi connectivity index (χ4n) is 5.44. The molecular formula is C24H38N2O. The second kappa shape index (κ2) is 8.36. The SMILES string of the molecule is CC.CC.CC.c1ccc2c(c1)c1c3n2CC2(CO2)C2CCCN(CC1)C32. The summed E-state index contributed by atoms with van der Waals surface area (Å²) in [6.45, 7) is 16.6. The van der Waals surface area contributed by atoms with Crippen LogP contribution in [0.15, 0.2) is 24.3 Å². The van der Waals surface area contributed by atoms with E-state index in [1.54, 1.807) is 11.3 Å². The first-order chi connectivity index (χ1) is 13.4. The second-order valence-corrected chi connectivity index (χ2v) is 7.30. The van der Waals surface area contributed by atoms with Crippen molar-refractivity contribution in [2.24, 2.45) is 5.92 Å². The summed E-state index contributed by atoms with van der Waals surface area (Å²) in [6.07, 6.45) is 3.92. The summed E-state index contributed by atoms with van der Waals surface area (Å²) in [5, 5.41) is 1.49. The number of aromatic nitrogens is 1. The minimum absolute atomic E-state index is 0.159. The summed E-state index contributed by atoms with van der Waals surface area (Å²) in [5.41, 5.74) is 4.86. The Morgan fingerprint density at radius 1 is 1.00 bits per heavy atom.